The van der Waals surface area contributed by atoms with Crippen LogP contribution in [0.5, 0.6) is 0 Å². The molecule has 1 atom stereocenters. The average molecular weight is 388 g/mol. The van der Waals surface area contributed by atoms with Crippen LogP contribution in [0.2, 0.25) is 0 Å². The van der Waals surface area contributed by atoms with E-state index < -0.39 is 11.5 Å². The van der Waals surface area contributed by atoms with Gasteiger partial charge in [-0.25, -0.2) is 4.98 Å². The maximum Gasteiger partial charge on any atom is 0.272 e. The summed E-state index contributed by atoms with van der Waals surface area (Å²) >= 11 is 0. The second-order valence-corrected chi connectivity index (χ2v) is 9.09. The van der Waals surface area contributed by atoms with Crippen LogP contribution >= 0.6 is 0 Å². The molecule has 0 spiro atoms. The maximum atomic E-state index is 13.2. The standard InChI is InChI=1S/C21H33N5O2/c1-21(2,3)18(20(28)22-4)24-19(27)17-15-13-25(5)11-6-12-26(15)16(23-17)10-9-14-7-8-14/h9-10,14,18H,6-8,11-13H2,1-5H3,(H,22,28)(H,24,27)/t18-/m1/s1. The molecule has 1 aliphatic carbocycles. The minimum atomic E-state index is -0.628. The van der Waals surface area contributed by atoms with Crippen molar-refractivity contribution in [3.05, 3.63) is 23.3 Å². The van der Waals surface area contributed by atoms with Crippen molar-refractivity contribution in [2.45, 2.75) is 59.2 Å². The van der Waals surface area contributed by atoms with Crippen molar-refractivity contribution in [2.75, 3.05) is 20.6 Å². The Kier molecular flexibility index (Phi) is 5.93. The lowest BCUT2D eigenvalue weighted by Gasteiger charge is -2.29. The van der Waals surface area contributed by atoms with Crippen LogP contribution in [0.1, 0.15) is 62.0 Å². The van der Waals surface area contributed by atoms with E-state index in [0.717, 1.165) is 31.0 Å². The zero-order chi connectivity index (χ0) is 20.5. The van der Waals surface area contributed by atoms with Crippen LogP contribution in [-0.4, -0.2) is 52.9 Å². The van der Waals surface area contributed by atoms with Gasteiger partial charge in [0, 0.05) is 20.1 Å². The quantitative estimate of drug-likeness (QED) is 0.810. The molecule has 1 aromatic heterocycles. The van der Waals surface area contributed by atoms with Gasteiger partial charge in [-0.05, 0) is 50.3 Å². The normalized spacial score (nSPS) is 19.2. The van der Waals surface area contributed by atoms with Crippen LogP contribution < -0.4 is 10.6 Å². The molecule has 0 aromatic carbocycles. The van der Waals surface area contributed by atoms with Gasteiger partial charge in [-0.2, -0.15) is 0 Å². The summed E-state index contributed by atoms with van der Waals surface area (Å²) in [6, 6.07) is -0.628. The van der Waals surface area contributed by atoms with Crippen LogP contribution in [0.3, 0.4) is 0 Å². The fourth-order valence-electron chi connectivity index (χ4n) is 3.59. The fraction of sp³-hybridized carbons (Fsp3) is 0.667. The summed E-state index contributed by atoms with van der Waals surface area (Å²) < 4.78 is 2.17. The van der Waals surface area contributed by atoms with Crippen molar-refractivity contribution in [3.8, 4) is 0 Å². The molecule has 2 aliphatic rings. The van der Waals surface area contributed by atoms with E-state index in [1.54, 1.807) is 7.05 Å². The average Bonchev–Trinajstić information content (AvgIpc) is 3.42. The van der Waals surface area contributed by atoms with Crippen molar-refractivity contribution in [3.63, 3.8) is 0 Å². The molecule has 0 bridgehead atoms. The molecule has 7 heteroatoms. The van der Waals surface area contributed by atoms with Crippen molar-refractivity contribution >= 4 is 17.9 Å². The number of carbonyl (C=O) groups excluding carboxylic acids is 2. The molecule has 28 heavy (non-hydrogen) atoms. The van der Waals surface area contributed by atoms with Gasteiger partial charge in [-0.15, -0.1) is 0 Å². The Balaban J connectivity index is 1.93. The van der Waals surface area contributed by atoms with E-state index in [2.05, 4.69) is 39.3 Å². The summed E-state index contributed by atoms with van der Waals surface area (Å²) in [7, 11) is 3.65. The first kappa shape index (κ1) is 20.6. The number of imidazole rings is 1. The van der Waals surface area contributed by atoms with E-state index in [4.69, 9.17) is 4.98 Å². The first-order valence-electron chi connectivity index (χ1n) is 10.2. The van der Waals surface area contributed by atoms with Gasteiger partial charge in [0.2, 0.25) is 5.91 Å². The topological polar surface area (TPSA) is 79.3 Å². The molecule has 1 aromatic rings. The molecular weight excluding hydrogens is 354 g/mol. The van der Waals surface area contributed by atoms with Gasteiger partial charge in [0.25, 0.3) is 5.91 Å². The van der Waals surface area contributed by atoms with Crippen molar-refractivity contribution in [2.24, 2.45) is 11.3 Å². The number of nitrogens with one attached hydrogen (secondary N) is 2. The summed E-state index contributed by atoms with van der Waals surface area (Å²) in [5, 5.41) is 5.58. The van der Waals surface area contributed by atoms with Gasteiger partial charge in [0.05, 0.1) is 5.69 Å². The van der Waals surface area contributed by atoms with Gasteiger partial charge < -0.3 is 20.1 Å². The number of likely N-dealkylation sites (N-methyl/N-ethyl adjacent to an activating group) is 1. The summed E-state index contributed by atoms with van der Waals surface area (Å²) in [5.74, 6) is 1.01. The number of hydrogen-bond acceptors (Lipinski definition) is 4. The van der Waals surface area contributed by atoms with Crippen molar-refractivity contribution < 1.29 is 9.59 Å². The molecular formula is C21H33N5O2. The Bertz CT molecular complexity index is 770. The Morgan fingerprint density at radius 1 is 1.25 bits per heavy atom. The lowest BCUT2D eigenvalue weighted by molar-refractivity contribution is -0.124. The summed E-state index contributed by atoms with van der Waals surface area (Å²) in [5.41, 5.74) is 0.956. The molecule has 0 saturated heterocycles. The third-order valence-electron chi connectivity index (χ3n) is 5.45. The molecule has 0 unspecified atom stereocenters. The van der Waals surface area contributed by atoms with Gasteiger partial charge in [0.1, 0.15) is 11.9 Å². The summed E-state index contributed by atoms with van der Waals surface area (Å²) in [6.07, 6.45) is 7.75. The van der Waals surface area contributed by atoms with Crippen LogP contribution in [0.15, 0.2) is 6.08 Å². The number of fused-ring (bicyclic) bond motifs is 1. The smallest absolute Gasteiger partial charge is 0.272 e. The van der Waals surface area contributed by atoms with E-state index in [1.807, 2.05) is 20.8 Å². The third kappa shape index (κ3) is 4.63. The second-order valence-electron chi connectivity index (χ2n) is 9.09. The van der Waals surface area contributed by atoms with E-state index in [9.17, 15) is 9.59 Å². The molecule has 2 heterocycles. The Hall–Kier alpha value is -2.15. The molecule has 2 amide bonds. The highest BCUT2D eigenvalue weighted by atomic mass is 16.2. The number of aromatic nitrogens is 2. The zero-order valence-electron chi connectivity index (χ0n) is 17.7. The first-order chi connectivity index (χ1) is 13.2. The summed E-state index contributed by atoms with van der Waals surface area (Å²) in [4.78, 5) is 32.4. The van der Waals surface area contributed by atoms with Gasteiger partial charge in [0.15, 0.2) is 5.69 Å². The molecule has 1 saturated carbocycles. The van der Waals surface area contributed by atoms with Crippen LogP contribution in [0, 0.1) is 11.3 Å². The minimum Gasteiger partial charge on any atom is -0.357 e. The van der Waals surface area contributed by atoms with E-state index in [1.165, 1.54) is 12.8 Å². The van der Waals surface area contributed by atoms with Gasteiger partial charge in [-0.3, -0.25) is 9.59 Å². The van der Waals surface area contributed by atoms with E-state index in [-0.39, 0.29) is 11.8 Å². The predicted molar refractivity (Wildman–Crippen MR) is 110 cm³/mol. The van der Waals surface area contributed by atoms with E-state index in [0.29, 0.717) is 18.2 Å². The second kappa shape index (κ2) is 8.07. The highest BCUT2D eigenvalue weighted by molar-refractivity contribution is 5.97. The number of hydrogen-bond donors (Lipinski definition) is 2. The monoisotopic (exact) mass is 387 g/mol. The Morgan fingerprint density at radius 2 is 1.96 bits per heavy atom. The molecule has 3 rings (SSSR count). The van der Waals surface area contributed by atoms with Gasteiger partial charge in [-0.1, -0.05) is 26.8 Å². The highest BCUT2D eigenvalue weighted by Gasteiger charge is 2.34. The molecule has 0 radical (unpaired) electrons. The molecule has 1 aliphatic heterocycles. The van der Waals surface area contributed by atoms with Crippen LogP contribution in [-0.2, 0) is 17.9 Å². The zero-order valence-corrected chi connectivity index (χ0v) is 17.7. The number of rotatable bonds is 5. The number of amides is 2. The minimum absolute atomic E-state index is 0.197. The van der Waals surface area contributed by atoms with E-state index >= 15 is 0 Å². The Morgan fingerprint density at radius 3 is 2.57 bits per heavy atom. The molecule has 1 fully saturated rings. The van der Waals surface area contributed by atoms with Crippen LogP contribution in [0.4, 0.5) is 0 Å². The first-order valence-corrected chi connectivity index (χ1v) is 10.2. The van der Waals surface area contributed by atoms with Crippen molar-refractivity contribution in [1.29, 1.82) is 0 Å². The molecule has 154 valence electrons. The fourth-order valence-corrected chi connectivity index (χ4v) is 3.59. The summed E-state index contributed by atoms with van der Waals surface area (Å²) in [6.45, 7) is 8.34. The number of allylic oxidation sites excluding steroid dienone is 1. The molecule has 7 nitrogen and oxygen atoms in total. The van der Waals surface area contributed by atoms with Crippen molar-refractivity contribution in [1.82, 2.24) is 25.1 Å². The lowest BCUT2D eigenvalue weighted by atomic mass is 9.86. The highest BCUT2D eigenvalue weighted by Crippen LogP contribution is 2.31. The maximum absolute atomic E-state index is 13.2. The lowest BCUT2D eigenvalue weighted by Crippen LogP contribution is -2.53. The number of nitrogens with zero attached hydrogens (tertiary/aromatic N) is 3. The van der Waals surface area contributed by atoms with Gasteiger partial charge >= 0.3 is 0 Å². The SMILES string of the molecule is CNC(=O)[C@@H](NC(=O)c1nc(C=CC2CC2)n2c1CN(C)CCC2)C(C)(C)C. The predicted octanol–water partition coefficient (Wildman–Crippen LogP) is 2.03. The van der Waals surface area contributed by atoms with Crippen LogP contribution in [0.25, 0.3) is 6.08 Å². The number of carbonyl (C=O) groups is 2. The third-order valence-corrected chi connectivity index (χ3v) is 5.45. The Labute approximate surface area is 167 Å². The largest absolute Gasteiger partial charge is 0.357 e. The molecule has 2 N–H and O–H groups in total.